The number of halogens is 2. The summed E-state index contributed by atoms with van der Waals surface area (Å²) in [6.45, 7) is 6.61. The molecule has 2 unspecified atom stereocenters. The SMILES string of the molecule is C=C(NCCOC(c1cccc(Cl)c1)c1ccc(F)c(C(=O)NCCCC2CCCOC2)c1)OC.CNC. The third kappa shape index (κ3) is 11.0. The predicted molar refractivity (Wildman–Crippen MR) is 150 cm³/mol. The van der Waals surface area contributed by atoms with Crippen molar-refractivity contribution in [1.82, 2.24) is 16.0 Å². The molecule has 2 aromatic carbocycles. The molecule has 0 radical (unpaired) electrons. The molecule has 0 aliphatic carbocycles. The highest BCUT2D eigenvalue weighted by atomic mass is 35.5. The minimum Gasteiger partial charge on any atom is -0.483 e. The van der Waals surface area contributed by atoms with Crippen LogP contribution in [0.25, 0.3) is 0 Å². The molecule has 1 amide bonds. The Balaban J connectivity index is 0.00000161. The minimum atomic E-state index is -0.574. The van der Waals surface area contributed by atoms with Gasteiger partial charge in [0.2, 0.25) is 0 Å². The molecule has 1 aliphatic rings. The fourth-order valence-corrected chi connectivity index (χ4v) is 4.30. The molecule has 1 heterocycles. The highest BCUT2D eigenvalue weighted by Gasteiger charge is 2.20. The van der Waals surface area contributed by atoms with E-state index in [9.17, 15) is 9.18 Å². The Hall–Kier alpha value is -2.65. The van der Waals surface area contributed by atoms with Gasteiger partial charge in [-0.05, 0) is 87.7 Å². The zero-order valence-electron chi connectivity index (χ0n) is 22.7. The average Bonchev–Trinajstić information content (AvgIpc) is 2.92. The molecule has 1 fully saturated rings. The first-order chi connectivity index (χ1) is 18.4. The average molecular weight is 550 g/mol. The smallest absolute Gasteiger partial charge is 0.254 e. The van der Waals surface area contributed by atoms with Gasteiger partial charge in [0.15, 0.2) is 5.88 Å². The first-order valence-electron chi connectivity index (χ1n) is 13.0. The normalized spacial score (nSPS) is 15.6. The number of ether oxygens (including phenoxy) is 3. The molecule has 3 rings (SSSR count). The molecule has 2 aromatic rings. The molecule has 1 saturated heterocycles. The highest BCUT2D eigenvalue weighted by molar-refractivity contribution is 6.30. The lowest BCUT2D eigenvalue weighted by Gasteiger charge is -2.22. The summed E-state index contributed by atoms with van der Waals surface area (Å²) >= 11 is 6.20. The largest absolute Gasteiger partial charge is 0.483 e. The third-order valence-electron chi connectivity index (χ3n) is 5.97. The first-order valence-corrected chi connectivity index (χ1v) is 13.3. The standard InChI is InChI=1S/C27H34ClFN2O4.C2H7N/c1-19(33-2)30-13-15-35-26(21-8-3-9-23(28)16-21)22-10-11-25(29)24(17-22)27(32)31-12-4-6-20-7-5-14-34-18-20;1-3-2/h3,8-11,16-17,20,26,30H,1,4-7,12-15,18H2,2H3,(H,31,32);3H,1-2H3. The van der Waals surface area contributed by atoms with Gasteiger partial charge in [0.05, 0.1) is 19.3 Å². The summed E-state index contributed by atoms with van der Waals surface area (Å²) in [4.78, 5) is 12.8. The molecule has 2 atom stereocenters. The molecule has 0 aromatic heterocycles. The zero-order valence-corrected chi connectivity index (χ0v) is 23.4. The number of amides is 1. The van der Waals surface area contributed by atoms with E-state index in [4.69, 9.17) is 25.8 Å². The van der Waals surface area contributed by atoms with Gasteiger partial charge in [-0.25, -0.2) is 4.39 Å². The molecule has 210 valence electrons. The second-order valence-corrected chi connectivity index (χ2v) is 9.52. The van der Waals surface area contributed by atoms with E-state index in [0.717, 1.165) is 44.5 Å². The van der Waals surface area contributed by atoms with E-state index in [-0.39, 0.29) is 5.56 Å². The summed E-state index contributed by atoms with van der Waals surface area (Å²) in [5.74, 6) is -0.0430. The summed E-state index contributed by atoms with van der Waals surface area (Å²) < 4.78 is 31.2. The van der Waals surface area contributed by atoms with Crippen molar-refractivity contribution in [2.24, 2.45) is 5.92 Å². The summed E-state index contributed by atoms with van der Waals surface area (Å²) in [5.41, 5.74) is 1.45. The number of hydrogen-bond donors (Lipinski definition) is 3. The monoisotopic (exact) mass is 549 g/mol. The van der Waals surface area contributed by atoms with Crippen LogP contribution in [0.3, 0.4) is 0 Å². The van der Waals surface area contributed by atoms with Crippen molar-refractivity contribution < 1.29 is 23.4 Å². The Labute approximate surface area is 231 Å². The number of benzene rings is 2. The Morgan fingerprint density at radius 1 is 1.18 bits per heavy atom. The van der Waals surface area contributed by atoms with Gasteiger partial charge in [-0.15, -0.1) is 0 Å². The van der Waals surface area contributed by atoms with Gasteiger partial charge in [0, 0.05) is 31.3 Å². The zero-order chi connectivity index (χ0) is 27.8. The Bertz CT molecular complexity index is 1000. The van der Waals surface area contributed by atoms with Crippen molar-refractivity contribution in [3.05, 3.63) is 82.5 Å². The van der Waals surface area contributed by atoms with Crippen LogP contribution in [-0.4, -0.2) is 60.0 Å². The van der Waals surface area contributed by atoms with E-state index in [1.54, 1.807) is 24.3 Å². The highest BCUT2D eigenvalue weighted by Crippen LogP contribution is 2.29. The van der Waals surface area contributed by atoms with Crippen LogP contribution >= 0.6 is 11.6 Å². The number of carbonyl (C=O) groups excluding carboxylic acids is 1. The molecule has 38 heavy (non-hydrogen) atoms. The van der Waals surface area contributed by atoms with Gasteiger partial charge < -0.3 is 30.2 Å². The quantitative estimate of drug-likeness (QED) is 0.239. The molecular formula is C29H41ClFN3O4. The fourth-order valence-electron chi connectivity index (χ4n) is 4.10. The van der Waals surface area contributed by atoms with Gasteiger partial charge in [0.1, 0.15) is 11.9 Å². The predicted octanol–water partition coefficient (Wildman–Crippen LogP) is 5.06. The second kappa shape index (κ2) is 17.8. The van der Waals surface area contributed by atoms with E-state index >= 15 is 0 Å². The van der Waals surface area contributed by atoms with Gasteiger partial charge in [-0.3, -0.25) is 4.79 Å². The van der Waals surface area contributed by atoms with Crippen LogP contribution in [0, 0.1) is 11.7 Å². The fraction of sp³-hybridized carbons (Fsp3) is 0.483. The summed E-state index contributed by atoms with van der Waals surface area (Å²) in [6, 6.07) is 11.8. The van der Waals surface area contributed by atoms with Crippen molar-refractivity contribution in [2.45, 2.75) is 31.8 Å². The van der Waals surface area contributed by atoms with Crippen molar-refractivity contribution in [1.29, 1.82) is 0 Å². The molecule has 3 N–H and O–H groups in total. The molecule has 0 spiro atoms. The van der Waals surface area contributed by atoms with Gasteiger partial charge in [0.25, 0.3) is 5.91 Å². The Morgan fingerprint density at radius 2 is 1.95 bits per heavy atom. The van der Waals surface area contributed by atoms with Crippen LogP contribution in [0.5, 0.6) is 0 Å². The topological polar surface area (TPSA) is 80.9 Å². The summed E-state index contributed by atoms with van der Waals surface area (Å²) in [7, 11) is 5.28. The molecule has 1 aliphatic heterocycles. The van der Waals surface area contributed by atoms with Crippen LogP contribution < -0.4 is 16.0 Å². The van der Waals surface area contributed by atoms with Crippen LogP contribution in [0.15, 0.2) is 54.9 Å². The first kappa shape index (κ1) is 31.6. The van der Waals surface area contributed by atoms with E-state index in [1.165, 1.54) is 13.2 Å². The van der Waals surface area contributed by atoms with E-state index in [1.807, 2.05) is 26.2 Å². The van der Waals surface area contributed by atoms with Crippen LogP contribution in [0.2, 0.25) is 5.02 Å². The van der Waals surface area contributed by atoms with Crippen molar-refractivity contribution in [3.63, 3.8) is 0 Å². The maximum absolute atomic E-state index is 14.6. The van der Waals surface area contributed by atoms with Crippen LogP contribution in [-0.2, 0) is 14.2 Å². The molecular weight excluding hydrogens is 509 g/mol. The van der Waals surface area contributed by atoms with Gasteiger partial charge in [-0.2, -0.15) is 0 Å². The molecule has 0 bridgehead atoms. The number of carbonyl (C=O) groups is 1. The number of nitrogens with one attached hydrogen (secondary N) is 3. The Kier molecular flexibility index (Phi) is 14.8. The van der Waals surface area contributed by atoms with E-state index in [0.29, 0.717) is 42.1 Å². The number of rotatable bonds is 13. The lowest BCUT2D eigenvalue weighted by Crippen LogP contribution is -2.27. The van der Waals surface area contributed by atoms with Crippen molar-refractivity contribution in [3.8, 4) is 0 Å². The maximum Gasteiger partial charge on any atom is 0.254 e. The molecule has 0 saturated carbocycles. The third-order valence-corrected chi connectivity index (χ3v) is 6.21. The minimum absolute atomic E-state index is 0.00925. The number of hydrogen-bond acceptors (Lipinski definition) is 6. The summed E-state index contributed by atoms with van der Waals surface area (Å²) in [5, 5.41) is 9.15. The number of methoxy groups -OCH3 is 1. The van der Waals surface area contributed by atoms with Crippen LogP contribution in [0.4, 0.5) is 4.39 Å². The maximum atomic E-state index is 14.6. The lowest BCUT2D eigenvalue weighted by molar-refractivity contribution is 0.0509. The van der Waals surface area contributed by atoms with E-state index in [2.05, 4.69) is 22.5 Å². The summed E-state index contributed by atoms with van der Waals surface area (Å²) in [6.07, 6.45) is 3.52. The van der Waals surface area contributed by atoms with Crippen molar-refractivity contribution in [2.75, 3.05) is 54.1 Å². The second-order valence-electron chi connectivity index (χ2n) is 9.08. The van der Waals surface area contributed by atoms with Crippen molar-refractivity contribution >= 4 is 17.5 Å². The van der Waals surface area contributed by atoms with Gasteiger partial charge in [-0.1, -0.05) is 29.8 Å². The lowest BCUT2D eigenvalue weighted by atomic mass is 9.97. The van der Waals surface area contributed by atoms with Crippen LogP contribution in [0.1, 0.15) is 53.3 Å². The molecule has 9 heteroatoms. The van der Waals surface area contributed by atoms with Gasteiger partial charge >= 0.3 is 0 Å². The Morgan fingerprint density at radius 3 is 2.63 bits per heavy atom. The van der Waals surface area contributed by atoms with E-state index < -0.39 is 17.8 Å². The molecule has 7 nitrogen and oxygen atoms in total.